The maximum absolute atomic E-state index is 12.4. The molecular weight excluding hydrogens is 370 g/mol. The normalized spacial score (nSPS) is 11.0. The van der Waals surface area contributed by atoms with Gasteiger partial charge in [0.05, 0.1) is 17.2 Å². The fraction of sp³-hybridized carbons (Fsp3) is 0.182. The van der Waals surface area contributed by atoms with Crippen molar-refractivity contribution < 1.29 is 14.0 Å². The number of hydrogen-bond acceptors (Lipinski definition) is 5. The van der Waals surface area contributed by atoms with Crippen LogP contribution < -0.4 is 16.2 Å². The maximum Gasteiger partial charge on any atom is 0.240 e. The van der Waals surface area contributed by atoms with Crippen molar-refractivity contribution in [3.8, 4) is 0 Å². The van der Waals surface area contributed by atoms with E-state index in [2.05, 4.69) is 15.8 Å². The molecule has 2 aromatic carbocycles. The van der Waals surface area contributed by atoms with Crippen molar-refractivity contribution in [2.75, 3.05) is 5.32 Å². The molecule has 7 heteroatoms. The van der Waals surface area contributed by atoms with Gasteiger partial charge in [0.15, 0.2) is 0 Å². The van der Waals surface area contributed by atoms with Gasteiger partial charge < -0.3 is 9.73 Å². The first-order valence-electron chi connectivity index (χ1n) is 9.13. The Labute approximate surface area is 167 Å². The summed E-state index contributed by atoms with van der Waals surface area (Å²) >= 11 is 0. The third-order valence-electron chi connectivity index (χ3n) is 4.26. The Hall–Kier alpha value is -3.74. The number of fused-ring (bicyclic) bond motifs is 1. The predicted molar refractivity (Wildman–Crippen MR) is 112 cm³/mol. The number of hydrogen-bond donors (Lipinski definition) is 2. The molecule has 0 spiro atoms. The molecule has 0 aliphatic heterocycles. The van der Waals surface area contributed by atoms with E-state index in [1.54, 1.807) is 24.3 Å². The molecule has 0 aliphatic rings. The van der Waals surface area contributed by atoms with Gasteiger partial charge in [-0.05, 0) is 38.1 Å². The van der Waals surface area contributed by atoms with Crippen molar-refractivity contribution in [3.05, 3.63) is 75.6 Å². The Morgan fingerprint density at radius 3 is 2.45 bits per heavy atom. The molecule has 0 atom stereocenters. The maximum atomic E-state index is 12.4. The van der Waals surface area contributed by atoms with Gasteiger partial charge in [-0.3, -0.25) is 14.4 Å². The van der Waals surface area contributed by atoms with Gasteiger partial charge in [-0.25, -0.2) is 5.43 Å². The van der Waals surface area contributed by atoms with E-state index in [9.17, 15) is 14.4 Å². The molecule has 148 valence electrons. The summed E-state index contributed by atoms with van der Waals surface area (Å²) in [5, 5.41) is 6.96. The lowest BCUT2D eigenvalue weighted by molar-refractivity contribution is -0.124. The van der Waals surface area contributed by atoms with E-state index in [4.69, 9.17) is 4.42 Å². The van der Waals surface area contributed by atoms with Crippen molar-refractivity contribution >= 4 is 34.7 Å². The largest absolute Gasteiger partial charge is 0.463 e. The summed E-state index contributed by atoms with van der Waals surface area (Å²) < 4.78 is 5.42. The molecule has 0 aliphatic carbocycles. The monoisotopic (exact) mass is 391 g/mol. The Balaban J connectivity index is 1.52. The van der Waals surface area contributed by atoms with Crippen molar-refractivity contribution in [2.24, 2.45) is 5.10 Å². The zero-order chi connectivity index (χ0) is 20.8. The lowest BCUT2D eigenvalue weighted by Gasteiger charge is -2.05. The Morgan fingerprint density at radius 1 is 1.00 bits per heavy atom. The number of nitrogens with one attached hydrogen (secondary N) is 2. The van der Waals surface area contributed by atoms with Gasteiger partial charge in [0.1, 0.15) is 11.8 Å². The number of carbonyl (C=O) groups excluding carboxylic acids is 2. The van der Waals surface area contributed by atoms with Gasteiger partial charge in [-0.15, -0.1) is 0 Å². The molecule has 29 heavy (non-hydrogen) atoms. The van der Waals surface area contributed by atoms with E-state index in [1.165, 1.54) is 12.5 Å². The van der Waals surface area contributed by atoms with Crippen molar-refractivity contribution in [1.29, 1.82) is 0 Å². The van der Waals surface area contributed by atoms with Crippen LogP contribution in [0.2, 0.25) is 0 Å². The van der Waals surface area contributed by atoms with Crippen LogP contribution in [0.4, 0.5) is 5.69 Å². The predicted octanol–water partition coefficient (Wildman–Crippen LogP) is 3.28. The van der Waals surface area contributed by atoms with Crippen LogP contribution in [-0.4, -0.2) is 18.0 Å². The molecule has 1 heterocycles. The van der Waals surface area contributed by atoms with E-state index in [0.29, 0.717) is 16.7 Å². The SMILES string of the molecule is Cc1ccc(NC(=O)CCC(=O)NN=Cc2coc3ccc(C)cc3c2=O)cc1. The van der Waals surface area contributed by atoms with Crippen LogP contribution in [0.5, 0.6) is 0 Å². The first-order chi connectivity index (χ1) is 13.9. The van der Waals surface area contributed by atoms with Gasteiger partial charge in [-0.1, -0.05) is 29.3 Å². The number of anilines is 1. The van der Waals surface area contributed by atoms with E-state index >= 15 is 0 Å². The molecule has 3 rings (SSSR count). The minimum Gasteiger partial charge on any atom is -0.463 e. The zero-order valence-corrected chi connectivity index (χ0v) is 16.2. The van der Waals surface area contributed by atoms with Crippen LogP contribution in [0.15, 0.2) is 63.0 Å². The van der Waals surface area contributed by atoms with Gasteiger partial charge in [0, 0.05) is 18.5 Å². The van der Waals surface area contributed by atoms with E-state index in [1.807, 2.05) is 32.0 Å². The van der Waals surface area contributed by atoms with E-state index < -0.39 is 5.91 Å². The lowest BCUT2D eigenvalue weighted by Crippen LogP contribution is -2.21. The second kappa shape index (κ2) is 8.97. The van der Waals surface area contributed by atoms with Crippen molar-refractivity contribution in [3.63, 3.8) is 0 Å². The number of rotatable bonds is 6. The fourth-order valence-corrected chi connectivity index (χ4v) is 2.67. The summed E-state index contributed by atoms with van der Waals surface area (Å²) in [4.78, 5) is 36.2. The average Bonchev–Trinajstić information content (AvgIpc) is 2.70. The second-order valence-corrected chi connectivity index (χ2v) is 6.73. The molecule has 2 N–H and O–H groups in total. The summed E-state index contributed by atoms with van der Waals surface area (Å²) in [6, 6.07) is 12.7. The number of aryl methyl sites for hydroxylation is 2. The number of carbonyl (C=O) groups is 2. The molecule has 0 saturated heterocycles. The minimum atomic E-state index is -0.429. The second-order valence-electron chi connectivity index (χ2n) is 6.73. The molecular formula is C22H21N3O4. The molecule has 2 amide bonds. The van der Waals surface area contributed by atoms with Gasteiger partial charge >= 0.3 is 0 Å². The number of benzene rings is 2. The highest BCUT2D eigenvalue weighted by Crippen LogP contribution is 2.12. The highest BCUT2D eigenvalue weighted by molar-refractivity contribution is 5.93. The van der Waals surface area contributed by atoms with Crippen LogP contribution in [-0.2, 0) is 9.59 Å². The summed E-state index contributed by atoms with van der Waals surface area (Å²) in [6.45, 7) is 3.84. The van der Waals surface area contributed by atoms with Gasteiger partial charge in [-0.2, -0.15) is 5.10 Å². The smallest absolute Gasteiger partial charge is 0.240 e. The van der Waals surface area contributed by atoms with E-state index in [-0.39, 0.29) is 29.7 Å². The number of hydrazone groups is 1. The van der Waals surface area contributed by atoms with E-state index in [0.717, 1.165) is 11.1 Å². The van der Waals surface area contributed by atoms with Gasteiger partial charge in [0.25, 0.3) is 0 Å². The van der Waals surface area contributed by atoms with Crippen LogP contribution in [0.3, 0.4) is 0 Å². The highest BCUT2D eigenvalue weighted by atomic mass is 16.3. The number of amides is 2. The third-order valence-corrected chi connectivity index (χ3v) is 4.26. The lowest BCUT2D eigenvalue weighted by atomic mass is 10.1. The molecule has 3 aromatic rings. The first-order valence-corrected chi connectivity index (χ1v) is 9.13. The standard InChI is InChI=1S/C22H21N3O4/c1-14-3-6-17(7-4-14)24-20(26)9-10-21(27)25-23-12-16-13-29-19-8-5-15(2)11-18(19)22(16)28/h3-8,11-13H,9-10H2,1-2H3,(H,24,26)(H,25,27). The molecule has 0 fully saturated rings. The molecule has 0 saturated carbocycles. The molecule has 1 aromatic heterocycles. The Bertz CT molecular complexity index is 1130. The quantitative estimate of drug-likeness (QED) is 0.497. The van der Waals surface area contributed by atoms with Crippen LogP contribution in [0, 0.1) is 13.8 Å². The third kappa shape index (κ3) is 5.38. The van der Waals surface area contributed by atoms with Crippen LogP contribution in [0.1, 0.15) is 29.5 Å². The number of nitrogens with zero attached hydrogens (tertiary/aromatic N) is 1. The zero-order valence-electron chi connectivity index (χ0n) is 16.2. The molecule has 0 unspecified atom stereocenters. The Kier molecular flexibility index (Phi) is 6.19. The summed E-state index contributed by atoms with van der Waals surface area (Å²) in [7, 11) is 0. The fourth-order valence-electron chi connectivity index (χ4n) is 2.67. The summed E-state index contributed by atoms with van der Waals surface area (Å²) in [5.74, 6) is -0.695. The van der Waals surface area contributed by atoms with Gasteiger partial charge in [0.2, 0.25) is 17.2 Å². The molecule has 0 bridgehead atoms. The summed E-state index contributed by atoms with van der Waals surface area (Å²) in [6.07, 6.45) is 2.52. The van der Waals surface area contributed by atoms with Crippen LogP contribution >= 0.6 is 0 Å². The topological polar surface area (TPSA) is 101 Å². The van der Waals surface area contributed by atoms with Crippen molar-refractivity contribution in [1.82, 2.24) is 5.43 Å². The minimum absolute atomic E-state index is 0.0205. The summed E-state index contributed by atoms with van der Waals surface area (Å²) in [5.41, 5.74) is 5.51. The average molecular weight is 391 g/mol. The molecule has 7 nitrogen and oxygen atoms in total. The molecule has 0 radical (unpaired) electrons. The van der Waals surface area contributed by atoms with Crippen LogP contribution in [0.25, 0.3) is 11.0 Å². The Morgan fingerprint density at radius 2 is 1.69 bits per heavy atom. The first kappa shape index (κ1) is 20.0. The highest BCUT2D eigenvalue weighted by Gasteiger charge is 2.08. The van der Waals surface area contributed by atoms with Crippen molar-refractivity contribution in [2.45, 2.75) is 26.7 Å².